The second kappa shape index (κ2) is 8.60. The minimum Gasteiger partial charge on any atom is -0.467 e. The highest BCUT2D eigenvalue weighted by atomic mass is 16.6. The Morgan fingerprint density at radius 3 is 2.15 bits per heavy atom. The van der Waals surface area contributed by atoms with Crippen LogP contribution in [0.4, 0.5) is 9.59 Å². The summed E-state index contributed by atoms with van der Waals surface area (Å²) in [6.45, 7) is 12.2. The van der Waals surface area contributed by atoms with Gasteiger partial charge in [0, 0.05) is 32.7 Å². The molecule has 1 heterocycles. The number of amides is 3. The van der Waals surface area contributed by atoms with Crippen LogP contribution >= 0.6 is 0 Å². The van der Waals surface area contributed by atoms with Gasteiger partial charge >= 0.3 is 18.1 Å². The van der Waals surface area contributed by atoms with E-state index in [2.05, 4.69) is 0 Å². The van der Waals surface area contributed by atoms with Gasteiger partial charge in [-0.3, -0.25) is 0 Å². The summed E-state index contributed by atoms with van der Waals surface area (Å²) in [4.78, 5) is 41.9. The normalized spacial score (nSPS) is 19.2. The summed E-state index contributed by atoms with van der Waals surface area (Å²) < 4.78 is 10.2. The first kappa shape index (κ1) is 22.1. The van der Waals surface area contributed by atoms with Crippen LogP contribution in [0.15, 0.2) is 0 Å². The molecule has 0 aromatic heterocycles. The fourth-order valence-corrected chi connectivity index (χ4v) is 3.05. The largest absolute Gasteiger partial charge is 0.467 e. The molecule has 8 heteroatoms. The van der Waals surface area contributed by atoms with Gasteiger partial charge in [-0.25, -0.2) is 14.4 Å². The van der Waals surface area contributed by atoms with Gasteiger partial charge in [-0.05, 0) is 33.6 Å². The molecule has 2 atom stereocenters. The molecule has 1 aliphatic heterocycles. The summed E-state index contributed by atoms with van der Waals surface area (Å²) in [5, 5.41) is 0. The minimum absolute atomic E-state index is 0.0743. The van der Waals surface area contributed by atoms with Crippen LogP contribution in [0.2, 0.25) is 0 Å². The summed E-state index contributed by atoms with van der Waals surface area (Å²) in [6.07, 6.45) is -0.376. The van der Waals surface area contributed by atoms with Crippen molar-refractivity contribution in [1.29, 1.82) is 0 Å². The van der Waals surface area contributed by atoms with E-state index >= 15 is 0 Å². The first-order chi connectivity index (χ1) is 11.9. The lowest BCUT2D eigenvalue weighted by atomic mass is 10.0. The van der Waals surface area contributed by atoms with Crippen molar-refractivity contribution in [2.75, 3.05) is 33.8 Å². The summed E-state index contributed by atoms with van der Waals surface area (Å²) in [6, 6.07) is -1.08. The Morgan fingerprint density at radius 1 is 1.15 bits per heavy atom. The van der Waals surface area contributed by atoms with Gasteiger partial charge in [0.2, 0.25) is 0 Å². The van der Waals surface area contributed by atoms with Gasteiger partial charge in [0.15, 0.2) is 0 Å². The van der Waals surface area contributed by atoms with Gasteiger partial charge in [-0.1, -0.05) is 13.8 Å². The van der Waals surface area contributed by atoms with Crippen LogP contribution in [-0.4, -0.2) is 84.3 Å². The number of rotatable bonds is 3. The van der Waals surface area contributed by atoms with E-state index in [-0.39, 0.29) is 24.1 Å². The average Bonchev–Trinajstić information content (AvgIpc) is 2.51. The topological polar surface area (TPSA) is 79.4 Å². The van der Waals surface area contributed by atoms with Crippen LogP contribution in [0.3, 0.4) is 0 Å². The van der Waals surface area contributed by atoms with E-state index in [1.165, 1.54) is 12.0 Å². The summed E-state index contributed by atoms with van der Waals surface area (Å²) >= 11 is 0. The number of likely N-dealkylation sites (N-methyl/N-ethyl adjacent to an activating group) is 1. The molecule has 26 heavy (non-hydrogen) atoms. The van der Waals surface area contributed by atoms with Gasteiger partial charge in [0.1, 0.15) is 11.6 Å². The predicted octanol–water partition coefficient (Wildman–Crippen LogP) is 2.18. The monoisotopic (exact) mass is 371 g/mol. The number of carbonyl (C=O) groups excluding carboxylic acids is 3. The van der Waals surface area contributed by atoms with Gasteiger partial charge in [0.25, 0.3) is 0 Å². The van der Waals surface area contributed by atoms with Gasteiger partial charge < -0.3 is 24.2 Å². The number of esters is 1. The number of hydrogen-bond donors (Lipinski definition) is 0. The molecule has 0 unspecified atom stereocenters. The number of carbonyl (C=O) groups is 3. The van der Waals surface area contributed by atoms with E-state index in [0.29, 0.717) is 19.6 Å². The van der Waals surface area contributed by atoms with Crippen LogP contribution in [0.1, 0.15) is 41.5 Å². The molecule has 1 fully saturated rings. The predicted molar refractivity (Wildman–Crippen MR) is 97.8 cm³/mol. The molecule has 0 aromatic carbocycles. The summed E-state index contributed by atoms with van der Waals surface area (Å²) in [5.74, 6) is -0.509. The van der Waals surface area contributed by atoms with Crippen LogP contribution in [0, 0.1) is 5.92 Å². The Labute approximate surface area is 156 Å². The van der Waals surface area contributed by atoms with Gasteiger partial charge in [-0.2, -0.15) is 0 Å². The molecule has 0 aliphatic carbocycles. The molecule has 8 nitrogen and oxygen atoms in total. The fraction of sp³-hybridized carbons (Fsp3) is 0.833. The molecule has 0 N–H and O–H groups in total. The van der Waals surface area contributed by atoms with E-state index < -0.39 is 17.6 Å². The fourth-order valence-electron chi connectivity index (χ4n) is 3.05. The van der Waals surface area contributed by atoms with Crippen molar-refractivity contribution in [1.82, 2.24) is 14.7 Å². The molecule has 0 aromatic rings. The third kappa shape index (κ3) is 5.51. The number of hydrogen-bond acceptors (Lipinski definition) is 5. The zero-order valence-corrected chi connectivity index (χ0v) is 17.2. The highest BCUT2D eigenvalue weighted by Gasteiger charge is 2.37. The van der Waals surface area contributed by atoms with Crippen LogP contribution in [0.5, 0.6) is 0 Å². The van der Waals surface area contributed by atoms with Crippen LogP contribution in [-0.2, 0) is 14.3 Å². The standard InChI is InChI=1S/C18H33N3O5/c1-12(2)14(15(22)25-8)19(7)16(23)21-10-9-20(11-13(21)3)17(24)26-18(4,5)6/h12-14H,9-11H2,1-8H3/t13-,14+/m1/s1. The molecule has 0 saturated carbocycles. The van der Waals surface area contributed by atoms with Crippen LogP contribution < -0.4 is 0 Å². The molecule has 1 rings (SSSR count). The molecule has 0 spiro atoms. The lowest BCUT2D eigenvalue weighted by Crippen LogP contribution is -2.60. The van der Waals surface area contributed by atoms with Gasteiger partial charge in [-0.15, -0.1) is 0 Å². The number of ether oxygens (including phenoxy) is 2. The third-order valence-electron chi connectivity index (χ3n) is 4.32. The Hall–Kier alpha value is -1.99. The molecular weight excluding hydrogens is 338 g/mol. The number of piperazine rings is 1. The number of nitrogens with zero attached hydrogens (tertiary/aromatic N) is 3. The first-order valence-electron chi connectivity index (χ1n) is 8.98. The van der Waals surface area contributed by atoms with E-state index in [9.17, 15) is 14.4 Å². The van der Waals surface area contributed by atoms with E-state index in [1.807, 2.05) is 41.5 Å². The Bertz CT molecular complexity index is 529. The lowest BCUT2D eigenvalue weighted by molar-refractivity contribution is -0.147. The van der Waals surface area contributed by atoms with Crippen molar-refractivity contribution in [3.63, 3.8) is 0 Å². The summed E-state index contributed by atoms with van der Waals surface area (Å²) in [7, 11) is 2.93. The Kier molecular flexibility index (Phi) is 7.29. The second-order valence-corrected chi connectivity index (χ2v) is 8.07. The van der Waals surface area contributed by atoms with Crippen molar-refractivity contribution in [3.8, 4) is 0 Å². The van der Waals surface area contributed by atoms with Crippen molar-refractivity contribution >= 4 is 18.1 Å². The van der Waals surface area contributed by atoms with Crippen molar-refractivity contribution in [2.24, 2.45) is 5.92 Å². The molecule has 150 valence electrons. The zero-order valence-electron chi connectivity index (χ0n) is 17.2. The average molecular weight is 371 g/mol. The number of urea groups is 1. The molecule has 3 amide bonds. The molecule has 1 aliphatic rings. The molecule has 0 radical (unpaired) electrons. The number of methoxy groups -OCH3 is 1. The van der Waals surface area contributed by atoms with E-state index in [0.717, 1.165) is 0 Å². The quantitative estimate of drug-likeness (QED) is 0.711. The summed E-state index contributed by atoms with van der Waals surface area (Å²) in [5.41, 5.74) is -0.557. The van der Waals surface area contributed by atoms with E-state index in [4.69, 9.17) is 9.47 Å². The second-order valence-electron chi connectivity index (χ2n) is 8.07. The smallest absolute Gasteiger partial charge is 0.410 e. The minimum atomic E-state index is -0.649. The van der Waals surface area contributed by atoms with Crippen molar-refractivity contribution < 1.29 is 23.9 Å². The third-order valence-corrected chi connectivity index (χ3v) is 4.32. The SMILES string of the molecule is COC(=O)[C@H](C(C)C)N(C)C(=O)N1CCN(C(=O)OC(C)(C)C)C[C@H]1C. The lowest BCUT2D eigenvalue weighted by Gasteiger charge is -2.42. The maximum absolute atomic E-state index is 12.9. The molecule has 0 bridgehead atoms. The zero-order chi connectivity index (χ0) is 20.2. The molecular formula is C18H33N3O5. The Morgan fingerprint density at radius 2 is 1.73 bits per heavy atom. The van der Waals surface area contributed by atoms with Crippen molar-refractivity contribution in [3.05, 3.63) is 0 Å². The first-order valence-corrected chi connectivity index (χ1v) is 8.98. The van der Waals surface area contributed by atoms with E-state index in [1.54, 1.807) is 16.8 Å². The maximum Gasteiger partial charge on any atom is 0.410 e. The van der Waals surface area contributed by atoms with Crippen LogP contribution in [0.25, 0.3) is 0 Å². The molecule has 1 saturated heterocycles. The van der Waals surface area contributed by atoms with Gasteiger partial charge in [0.05, 0.1) is 7.11 Å². The highest BCUT2D eigenvalue weighted by Crippen LogP contribution is 2.19. The maximum atomic E-state index is 12.9. The van der Waals surface area contributed by atoms with Crippen molar-refractivity contribution in [2.45, 2.75) is 59.2 Å². The Balaban J connectivity index is 2.78. The highest BCUT2D eigenvalue weighted by molar-refractivity contribution is 5.84.